The number of nitrogens with two attached hydrogens (primary N) is 1. The molecular weight excluding hydrogens is 230 g/mol. The van der Waals surface area contributed by atoms with Crippen LogP contribution in [0, 0.1) is 0 Å². The molecule has 2 nitrogen and oxygen atoms in total. The number of rotatable bonds is 2. The zero-order chi connectivity index (χ0) is 11.9. The Labute approximate surface area is 107 Å². The van der Waals surface area contributed by atoms with Gasteiger partial charge in [-0.2, -0.15) is 0 Å². The second-order valence-electron chi connectivity index (χ2n) is 5.21. The number of fused-ring (bicyclic) bond motifs is 1. The van der Waals surface area contributed by atoms with Crippen molar-refractivity contribution < 1.29 is 4.74 Å². The van der Waals surface area contributed by atoms with Crippen molar-refractivity contribution in [2.45, 2.75) is 36.1 Å². The first-order valence-corrected chi connectivity index (χ1v) is 7.30. The van der Waals surface area contributed by atoms with Crippen molar-refractivity contribution in [1.29, 1.82) is 0 Å². The largest absolute Gasteiger partial charge is 0.379 e. The quantitative estimate of drug-likeness (QED) is 0.874. The molecule has 1 aromatic rings. The van der Waals surface area contributed by atoms with E-state index in [-0.39, 0.29) is 11.5 Å². The molecule has 0 spiro atoms. The van der Waals surface area contributed by atoms with Gasteiger partial charge in [0.2, 0.25) is 0 Å². The molecule has 2 aliphatic rings. The Bertz CT molecular complexity index is 426. The number of hydrogen-bond acceptors (Lipinski definition) is 3. The minimum absolute atomic E-state index is 0.0666. The lowest BCUT2D eigenvalue weighted by Gasteiger charge is -2.45. The van der Waals surface area contributed by atoms with Crippen molar-refractivity contribution in [3.05, 3.63) is 29.3 Å². The van der Waals surface area contributed by atoms with E-state index in [1.54, 1.807) is 0 Å². The Morgan fingerprint density at radius 2 is 2.24 bits per heavy atom. The molecule has 1 unspecified atom stereocenters. The van der Waals surface area contributed by atoms with Gasteiger partial charge in [-0.25, -0.2) is 0 Å². The van der Waals surface area contributed by atoms with Crippen LogP contribution in [0.1, 0.15) is 24.5 Å². The lowest BCUT2D eigenvalue weighted by molar-refractivity contribution is -0.0702. The topological polar surface area (TPSA) is 35.2 Å². The summed E-state index contributed by atoms with van der Waals surface area (Å²) in [5.41, 5.74) is 9.10. The number of benzene rings is 1. The number of ether oxygens (including phenoxy) is 1. The third-order valence-corrected chi connectivity index (χ3v) is 5.28. The third kappa shape index (κ3) is 1.81. The molecule has 17 heavy (non-hydrogen) atoms. The molecule has 92 valence electrons. The highest BCUT2D eigenvalue weighted by atomic mass is 32.2. The summed E-state index contributed by atoms with van der Waals surface area (Å²) in [5, 5.41) is 0. The minimum Gasteiger partial charge on any atom is -0.379 e. The molecule has 1 atom stereocenters. The summed E-state index contributed by atoms with van der Waals surface area (Å²) in [6, 6.07) is 7.05. The van der Waals surface area contributed by atoms with Gasteiger partial charge in [0.05, 0.1) is 18.6 Å². The van der Waals surface area contributed by atoms with E-state index in [0.717, 1.165) is 13.2 Å². The molecule has 2 heterocycles. The summed E-state index contributed by atoms with van der Waals surface area (Å²) in [5.74, 6) is 1.26. The van der Waals surface area contributed by atoms with Gasteiger partial charge in [0.1, 0.15) is 0 Å². The van der Waals surface area contributed by atoms with E-state index in [0.29, 0.717) is 0 Å². The van der Waals surface area contributed by atoms with Gasteiger partial charge < -0.3 is 10.5 Å². The van der Waals surface area contributed by atoms with Crippen LogP contribution in [0.4, 0.5) is 0 Å². The fourth-order valence-corrected chi connectivity index (χ4v) is 3.70. The van der Waals surface area contributed by atoms with Crippen LogP contribution in [0.5, 0.6) is 0 Å². The SMILES string of the molecule is CC(N)C1(c2ccc3c(c2)CCCS3)COC1. The zero-order valence-corrected chi connectivity index (χ0v) is 11.1. The van der Waals surface area contributed by atoms with Crippen molar-refractivity contribution in [1.82, 2.24) is 0 Å². The fourth-order valence-electron chi connectivity index (χ4n) is 2.68. The summed E-state index contributed by atoms with van der Waals surface area (Å²) in [7, 11) is 0. The first-order chi connectivity index (χ1) is 8.22. The highest BCUT2D eigenvalue weighted by molar-refractivity contribution is 7.99. The highest BCUT2D eigenvalue weighted by Gasteiger charge is 2.43. The second-order valence-corrected chi connectivity index (χ2v) is 6.35. The van der Waals surface area contributed by atoms with Crippen LogP contribution >= 0.6 is 11.8 Å². The van der Waals surface area contributed by atoms with Crippen molar-refractivity contribution in [2.75, 3.05) is 19.0 Å². The van der Waals surface area contributed by atoms with Gasteiger partial charge in [-0.3, -0.25) is 0 Å². The van der Waals surface area contributed by atoms with Gasteiger partial charge in [0.15, 0.2) is 0 Å². The predicted octanol–water partition coefficient (Wildman–Crippen LogP) is 2.34. The van der Waals surface area contributed by atoms with Gasteiger partial charge in [0.25, 0.3) is 0 Å². The average molecular weight is 249 g/mol. The molecule has 1 fully saturated rings. The normalized spacial score (nSPS) is 23.6. The standard InChI is InChI=1S/C14H19NOS/c1-10(15)14(8-16-9-14)12-4-5-13-11(7-12)3-2-6-17-13/h4-5,7,10H,2-3,6,8-9,15H2,1H3. The maximum atomic E-state index is 6.16. The zero-order valence-electron chi connectivity index (χ0n) is 10.2. The molecule has 0 bridgehead atoms. The smallest absolute Gasteiger partial charge is 0.0600 e. The molecule has 0 aromatic heterocycles. The van der Waals surface area contributed by atoms with Crippen molar-refractivity contribution in [3.63, 3.8) is 0 Å². The molecule has 0 saturated carbocycles. The Morgan fingerprint density at radius 3 is 2.88 bits per heavy atom. The molecule has 1 saturated heterocycles. The Morgan fingerprint density at radius 1 is 1.41 bits per heavy atom. The summed E-state index contributed by atoms with van der Waals surface area (Å²) < 4.78 is 5.41. The van der Waals surface area contributed by atoms with Crippen LogP contribution in [0.15, 0.2) is 23.1 Å². The van der Waals surface area contributed by atoms with Crippen LogP contribution in [-0.2, 0) is 16.6 Å². The maximum Gasteiger partial charge on any atom is 0.0600 e. The van der Waals surface area contributed by atoms with Crippen molar-refractivity contribution in [3.8, 4) is 0 Å². The molecule has 0 aliphatic carbocycles. The van der Waals surface area contributed by atoms with Crippen LogP contribution in [-0.4, -0.2) is 25.0 Å². The molecule has 3 rings (SSSR count). The van der Waals surface area contributed by atoms with E-state index >= 15 is 0 Å². The van der Waals surface area contributed by atoms with E-state index in [4.69, 9.17) is 10.5 Å². The summed E-state index contributed by atoms with van der Waals surface area (Å²) in [4.78, 5) is 1.46. The first kappa shape index (κ1) is 11.6. The fraction of sp³-hybridized carbons (Fsp3) is 0.571. The van der Waals surface area contributed by atoms with Gasteiger partial charge in [0, 0.05) is 10.9 Å². The highest BCUT2D eigenvalue weighted by Crippen LogP contribution is 2.38. The minimum atomic E-state index is 0.0666. The van der Waals surface area contributed by atoms with E-state index in [2.05, 4.69) is 25.1 Å². The van der Waals surface area contributed by atoms with Crippen LogP contribution in [0.25, 0.3) is 0 Å². The monoisotopic (exact) mass is 249 g/mol. The second kappa shape index (κ2) is 4.30. The van der Waals surface area contributed by atoms with Crippen LogP contribution in [0.3, 0.4) is 0 Å². The molecule has 2 aliphatic heterocycles. The molecule has 0 radical (unpaired) electrons. The van der Waals surface area contributed by atoms with E-state index in [1.807, 2.05) is 11.8 Å². The van der Waals surface area contributed by atoms with Crippen molar-refractivity contribution >= 4 is 11.8 Å². The van der Waals surface area contributed by atoms with Crippen molar-refractivity contribution in [2.24, 2.45) is 5.73 Å². The predicted molar refractivity (Wildman–Crippen MR) is 71.6 cm³/mol. The molecule has 2 N–H and O–H groups in total. The van der Waals surface area contributed by atoms with Crippen LogP contribution in [0.2, 0.25) is 0 Å². The average Bonchev–Trinajstić information content (AvgIpc) is 2.27. The molecule has 0 amide bonds. The van der Waals surface area contributed by atoms with Gasteiger partial charge in [-0.05, 0) is 42.7 Å². The Balaban J connectivity index is 1.98. The lowest BCUT2D eigenvalue weighted by Crippen LogP contribution is -2.57. The Hall–Kier alpha value is -0.510. The summed E-state index contributed by atoms with van der Waals surface area (Å²) >= 11 is 1.98. The molecule has 3 heteroatoms. The summed E-state index contributed by atoms with van der Waals surface area (Å²) in [6.45, 7) is 3.64. The Kier molecular flexibility index (Phi) is 2.93. The third-order valence-electron chi connectivity index (χ3n) is 4.07. The van der Waals surface area contributed by atoms with Gasteiger partial charge >= 0.3 is 0 Å². The molecule has 1 aromatic carbocycles. The maximum absolute atomic E-state index is 6.16. The van der Waals surface area contributed by atoms with Crippen LogP contribution < -0.4 is 5.73 Å². The van der Waals surface area contributed by atoms with Gasteiger partial charge in [-0.15, -0.1) is 11.8 Å². The molecular formula is C14H19NOS. The number of hydrogen-bond donors (Lipinski definition) is 1. The summed E-state index contributed by atoms with van der Waals surface area (Å²) in [6.07, 6.45) is 2.51. The van der Waals surface area contributed by atoms with E-state index in [9.17, 15) is 0 Å². The lowest BCUT2D eigenvalue weighted by atomic mass is 9.73. The van der Waals surface area contributed by atoms with E-state index in [1.165, 1.54) is 34.6 Å². The van der Waals surface area contributed by atoms with Gasteiger partial charge in [-0.1, -0.05) is 12.1 Å². The van der Waals surface area contributed by atoms with E-state index < -0.39 is 0 Å². The first-order valence-electron chi connectivity index (χ1n) is 6.32. The number of thioether (sulfide) groups is 1. The number of aryl methyl sites for hydroxylation is 1.